The lowest BCUT2D eigenvalue weighted by atomic mass is 10.1. The van der Waals surface area contributed by atoms with Crippen LogP contribution in [0, 0.1) is 0 Å². The molecule has 0 aliphatic carbocycles. The minimum absolute atomic E-state index is 0.00347. The largest absolute Gasteiger partial charge is 0.480 e. The number of carboxylic acid groups (broad SMARTS) is 1. The van der Waals surface area contributed by atoms with E-state index in [0.29, 0.717) is 0 Å². The minimum atomic E-state index is -1.49. The van der Waals surface area contributed by atoms with Crippen molar-refractivity contribution < 1.29 is 34.5 Å². The highest BCUT2D eigenvalue weighted by Crippen LogP contribution is 2.01. The van der Waals surface area contributed by atoms with Gasteiger partial charge in [0.1, 0.15) is 24.2 Å². The van der Waals surface area contributed by atoms with Crippen molar-refractivity contribution in [2.75, 3.05) is 18.9 Å². The Morgan fingerprint density at radius 2 is 1.52 bits per heavy atom. The average molecular weight is 466 g/mol. The van der Waals surface area contributed by atoms with Crippen LogP contribution in [0.1, 0.15) is 19.8 Å². The average Bonchev–Trinajstić information content (AvgIpc) is 2.70. The molecule has 0 aromatic carbocycles. The van der Waals surface area contributed by atoms with Crippen molar-refractivity contribution >= 4 is 42.3 Å². The topological polar surface area (TPSA) is 255 Å². The van der Waals surface area contributed by atoms with Gasteiger partial charge in [-0.2, -0.15) is 12.6 Å². The van der Waals surface area contributed by atoms with Gasteiger partial charge in [-0.25, -0.2) is 4.79 Å². The summed E-state index contributed by atoms with van der Waals surface area (Å²) in [6.45, 7) is 0.612. The van der Waals surface area contributed by atoms with Gasteiger partial charge in [0.15, 0.2) is 5.96 Å². The zero-order valence-electron chi connectivity index (χ0n) is 17.0. The maximum absolute atomic E-state index is 12.3. The molecule has 0 spiro atoms. The van der Waals surface area contributed by atoms with Gasteiger partial charge < -0.3 is 48.5 Å². The summed E-state index contributed by atoms with van der Waals surface area (Å²) < 4.78 is 0. The van der Waals surface area contributed by atoms with Gasteiger partial charge in [0.2, 0.25) is 17.7 Å². The van der Waals surface area contributed by atoms with Crippen molar-refractivity contribution in [1.29, 1.82) is 0 Å². The first-order valence-electron chi connectivity index (χ1n) is 9.29. The van der Waals surface area contributed by atoms with Crippen molar-refractivity contribution in [1.82, 2.24) is 16.0 Å². The predicted octanol–water partition coefficient (Wildman–Crippen LogP) is -4.79. The second-order valence-corrected chi connectivity index (χ2v) is 6.97. The molecule has 0 fully saturated rings. The monoisotopic (exact) mass is 465 g/mol. The normalized spacial score (nSPS) is 15.5. The molecule has 0 aromatic rings. The zero-order chi connectivity index (χ0) is 24.1. The smallest absolute Gasteiger partial charge is 0.326 e. The molecule has 5 atom stereocenters. The molecule has 15 heteroatoms. The highest BCUT2D eigenvalue weighted by molar-refractivity contribution is 7.80. The first-order valence-corrected chi connectivity index (χ1v) is 9.92. The fourth-order valence-electron chi connectivity index (χ4n) is 2.18. The van der Waals surface area contributed by atoms with Crippen molar-refractivity contribution in [3.63, 3.8) is 0 Å². The number of nitrogens with zero attached hydrogens (tertiary/aromatic N) is 1. The van der Waals surface area contributed by atoms with Crippen LogP contribution >= 0.6 is 12.6 Å². The molecule has 0 saturated heterocycles. The van der Waals surface area contributed by atoms with Gasteiger partial charge in [-0.1, -0.05) is 0 Å². The summed E-state index contributed by atoms with van der Waals surface area (Å²) >= 11 is 3.95. The van der Waals surface area contributed by atoms with Crippen LogP contribution in [0.25, 0.3) is 0 Å². The SMILES string of the molecule is CC(O)C(N)C(=O)NC(CS)C(=O)NC(CO)C(=O)NC(CCCN=C(N)N)C(=O)O. The van der Waals surface area contributed by atoms with E-state index in [1.807, 2.05) is 0 Å². The summed E-state index contributed by atoms with van der Waals surface area (Å²) in [5.41, 5.74) is 15.8. The first kappa shape index (κ1) is 28.4. The van der Waals surface area contributed by atoms with Crippen LogP contribution in [0.4, 0.5) is 0 Å². The highest BCUT2D eigenvalue weighted by atomic mass is 32.1. The Balaban J connectivity index is 4.97. The quantitative estimate of drug-likeness (QED) is 0.0506. The number of aliphatic hydroxyl groups is 2. The van der Waals surface area contributed by atoms with E-state index in [1.54, 1.807) is 0 Å². The van der Waals surface area contributed by atoms with E-state index in [-0.39, 0.29) is 31.1 Å². The molecule has 31 heavy (non-hydrogen) atoms. The Kier molecular flexibility index (Phi) is 13.2. The van der Waals surface area contributed by atoms with Crippen LogP contribution < -0.4 is 33.2 Å². The summed E-state index contributed by atoms with van der Waals surface area (Å²) in [6.07, 6.45) is -0.918. The molecular formula is C16H31N7O7S. The highest BCUT2D eigenvalue weighted by Gasteiger charge is 2.30. The van der Waals surface area contributed by atoms with Crippen LogP contribution in [0.3, 0.4) is 0 Å². The molecule has 0 heterocycles. The third kappa shape index (κ3) is 10.8. The van der Waals surface area contributed by atoms with Gasteiger partial charge in [-0.05, 0) is 19.8 Å². The second-order valence-electron chi connectivity index (χ2n) is 6.60. The number of hydrogen-bond acceptors (Lipinski definition) is 9. The van der Waals surface area contributed by atoms with Crippen LogP contribution in [-0.4, -0.2) is 94.1 Å². The second kappa shape index (κ2) is 14.4. The third-order valence-corrected chi connectivity index (χ3v) is 4.38. The van der Waals surface area contributed by atoms with Crippen molar-refractivity contribution in [3.05, 3.63) is 0 Å². The van der Waals surface area contributed by atoms with Crippen molar-refractivity contribution in [2.45, 2.75) is 50.0 Å². The number of nitrogens with one attached hydrogen (secondary N) is 3. The summed E-state index contributed by atoms with van der Waals surface area (Å²) in [5, 5.41) is 34.7. The van der Waals surface area contributed by atoms with E-state index >= 15 is 0 Å². The Morgan fingerprint density at radius 1 is 1.00 bits per heavy atom. The lowest BCUT2D eigenvalue weighted by Gasteiger charge is -2.24. The van der Waals surface area contributed by atoms with E-state index in [1.165, 1.54) is 6.92 Å². The molecule has 0 saturated carbocycles. The number of thiol groups is 1. The molecule has 0 rings (SSSR count). The number of aliphatic hydroxyl groups excluding tert-OH is 2. The summed E-state index contributed by atoms with van der Waals surface area (Å²) in [7, 11) is 0. The first-order chi connectivity index (χ1) is 14.4. The van der Waals surface area contributed by atoms with E-state index < -0.39 is 60.6 Å². The van der Waals surface area contributed by atoms with Gasteiger partial charge >= 0.3 is 5.97 Å². The number of guanidine groups is 1. The van der Waals surface area contributed by atoms with E-state index in [0.717, 1.165) is 0 Å². The molecule has 0 aliphatic rings. The van der Waals surface area contributed by atoms with Crippen LogP contribution in [0.5, 0.6) is 0 Å². The number of carbonyl (C=O) groups excluding carboxylic acids is 3. The van der Waals surface area contributed by atoms with Crippen molar-refractivity contribution in [2.24, 2.45) is 22.2 Å². The minimum Gasteiger partial charge on any atom is -0.480 e. The number of aliphatic carboxylic acids is 1. The molecule has 14 nitrogen and oxygen atoms in total. The molecule has 12 N–H and O–H groups in total. The van der Waals surface area contributed by atoms with E-state index in [4.69, 9.17) is 17.2 Å². The van der Waals surface area contributed by atoms with Crippen LogP contribution in [0.15, 0.2) is 4.99 Å². The maximum atomic E-state index is 12.3. The number of carbonyl (C=O) groups is 4. The Morgan fingerprint density at radius 3 is 1.97 bits per heavy atom. The Labute approximate surface area is 184 Å². The van der Waals surface area contributed by atoms with Gasteiger partial charge in [-0.3, -0.25) is 19.4 Å². The van der Waals surface area contributed by atoms with Gasteiger partial charge in [0, 0.05) is 12.3 Å². The summed E-state index contributed by atoms with van der Waals surface area (Å²) in [6, 6.07) is -5.31. The van der Waals surface area contributed by atoms with E-state index in [2.05, 4.69) is 33.6 Å². The number of nitrogens with two attached hydrogens (primary N) is 3. The van der Waals surface area contributed by atoms with Crippen molar-refractivity contribution in [3.8, 4) is 0 Å². The Bertz CT molecular complexity index is 658. The number of carboxylic acids is 1. The molecule has 5 unspecified atom stereocenters. The zero-order valence-corrected chi connectivity index (χ0v) is 17.9. The Hall–Kier alpha value is -2.62. The molecule has 0 aromatic heterocycles. The molecule has 3 amide bonds. The fourth-order valence-corrected chi connectivity index (χ4v) is 2.44. The summed E-state index contributed by atoms with van der Waals surface area (Å²) in [4.78, 5) is 51.6. The molecule has 0 bridgehead atoms. The molecule has 0 aliphatic heterocycles. The van der Waals surface area contributed by atoms with Crippen LogP contribution in [0.2, 0.25) is 0 Å². The molecule has 0 radical (unpaired) electrons. The van der Waals surface area contributed by atoms with E-state index in [9.17, 15) is 34.5 Å². The number of rotatable bonds is 14. The lowest BCUT2D eigenvalue weighted by Crippen LogP contribution is -2.59. The van der Waals surface area contributed by atoms with Gasteiger partial charge in [-0.15, -0.1) is 0 Å². The molecular weight excluding hydrogens is 434 g/mol. The lowest BCUT2D eigenvalue weighted by molar-refractivity contribution is -0.142. The summed E-state index contributed by atoms with van der Waals surface area (Å²) in [5.74, 6) is -4.29. The molecule has 178 valence electrons. The van der Waals surface area contributed by atoms with Crippen LogP contribution in [-0.2, 0) is 19.2 Å². The standard InChI is InChI=1S/C16H31N7O7S/c1-7(25)11(17)14(28)23-10(6-31)13(27)22-9(5-24)12(26)21-8(15(29)30)3-2-4-20-16(18)19/h7-11,24-25,31H,2-6,17H2,1H3,(H,21,26)(H,22,27)(H,23,28)(H,29,30)(H4,18,19,20). The van der Waals surface area contributed by atoms with Gasteiger partial charge in [0.25, 0.3) is 0 Å². The number of aliphatic imine (C=N–C) groups is 1. The number of amides is 3. The third-order valence-electron chi connectivity index (χ3n) is 4.01. The number of hydrogen-bond donors (Lipinski definition) is 10. The maximum Gasteiger partial charge on any atom is 0.326 e. The predicted molar refractivity (Wildman–Crippen MR) is 114 cm³/mol. The van der Waals surface area contributed by atoms with Gasteiger partial charge in [0.05, 0.1) is 12.7 Å². The fraction of sp³-hybridized carbons (Fsp3) is 0.688.